The van der Waals surface area contributed by atoms with Gasteiger partial charge in [0, 0.05) is 16.3 Å². The number of rotatable bonds is 3. The van der Waals surface area contributed by atoms with Crippen molar-refractivity contribution >= 4 is 17.4 Å². The van der Waals surface area contributed by atoms with Crippen LogP contribution in [0.2, 0.25) is 0 Å². The molecule has 2 N–H and O–H groups in total. The molecule has 0 unspecified atom stereocenters. The molecule has 1 nitrogen and oxygen atoms in total. The smallest absolute Gasteiger partial charge is 0.126 e. The first kappa shape index (κ1) is 9.84. The fraction of sp³-hybridized carbons (Fsp3) is 0.455. The van der Waals surface area contributed by atoms with Crippen LogP contribution >= 0.6 is 11.8 Å². The Balaban J connectivity index is 1.94. The molecule has 1 fully saturated rings. The second-order valence-electron chi connectivity index (χ2n) is 3.83. The van der Waals surface area contributed by atoms with E-state index in [1.807, 2.05) is 6.07 Å². The van der Waals surface area contributed by atoms with Gasteiger partial charge in [-0.15, -0.1) is 11.8 Å². The van der Waals surface area contributed by atoms with Crippen LogP contribution in [0.1, 0.15) is 19.3 Å². The Bertz CT molecular complexity index is 303. The van der Waals surface area contributed by atoms with Gasteiger partial charge in [0.2, 0.25) is 0 Å². The van der Waals surface area contributed by atoms with Crippen LogP contribution in [-0.4, -0.2) is 5.75 Å². The van der Waals surface area contributed by atoms with Crippen LogP contribution in [0.4, 0.5) is 10.1 Å². The van der Waals surface area contributed by atoms with E-state index in [-0.39, 0.29) is 5.82 Å². The monoisotopic (exact) mass is 211 g/mol. The topological polar surface area (TPSA) is 26.0 Å². The Kier molecular flexibility index (Phi) is 2.96. The Labute approximate surface area is 87.9 Å². The van der Waals surface area contributed by atoms with Crippen LogP contribution in [0.15, 0.2) is 23.1 Å². The second-order valence-corrected chi connectivity index (χ2v) is 4.92. The third kappa shape index (κ3) is 2.41. The van der Waals surface area contributed by atoms with Crippen molar-refractivity contribution in [2.24, 2.45) is 5.92 Å². The Morgan fingerprint density at radius 3 is 2.71 bits per heavy atom. The fourth-order valence-corrected chi connectivity index (χ4v) is 2.72. The van der Waals surface area contributed by atoms with E-state index in [4.69, 9.17) is 5.73 Å². The number of benzene rings is 1. The van der Waals surface area contributed by atoms with Crippen molar-refractivity contribution in [2.45, 2.75) is 24.2 Å². The molecule has 1 saturated carbocycles. The number of halogens is 1. The van der Waals surface area contributed by atoms with E-state index in [0.717, 1.165) is 16.6 Å². The minimum atomic E-state index is -0.235. The lowest BCUT2D eigenvalue weighted by Gasteiger charge is -2.24. The Morgan fingerprint density at radius 2 is 2.14 bits per heavy atom. The molecule has 3 heteroatoms. The van der Waals surface area contributed by atoms with Crippen molar-refractivity contribution in [3.05, 3.63) is 24.0 Å². The van der Waals surface area contributed by atoms with Gasteiger partial charge >= 0.3 is 0 Å². The number of anilines is 1. The standard InChI is InChI=1S/C11H14FNS/c12-9-4-10(13)6-11(5-9)14-7-8-2-1-3-8/h4-6,8H,1-3,7,13H2. The third-order valence-corrected chi connectivity index (χ3v) is 3.81. The Morgan fingerprint density at radius 1 is 1.36 bits per heavy atom. The summed E-state index contributed by atoms with van der Waals surface area (Å²) in [6, 6.07) is 4.75. The van der Waals surface area contributed by atoms with E-state index >= 15 is 0 Å². The van der Waals surface area contributed by atoms with Gasteiger partial charge in [-0.3, -0.25) is 0 Å². The van der Waals surface area contributed by atoms with E-state index in [1.165, 1.54) is 25.3 Å². The van der Waals surface area contributed by atoms with Crippen molar-refractivity contribution in [3.63, 3.8) is 0 Å². The summed E-state index contributed by atoms with van der Waals surface area (Å²) < 4.78 is 13.0. The van der Waals surface area contributed by atoms with Crippen molar-refractivity contribution in [2.75, 3.05) is 11.5 Å². The first-order chi connectivity index (χ1) is 6.74. The van der Waals surface area contributed by atoms with Crippen LogP contribution in [0.5, 0.6) is 0 Å². The highest BCUT2D eigenvalue weighted by Gasteiger charge is 2.17. The molecule has 0 radical (unpaired) electrons. The lowest BCUT2D eigenvalue weighted by atomic mass is 9.87. The molecule has 1 aromatic rings. The maximum absolute atomic E-state index is 13.0. The molecule has 1 aliphatic carbocycles. The minimum absolute atomic E-state index is 0.235. The molecule has 2 rings (SSSR count). The average molecular weight is 211 g/mol. The molecule has 0 saturated heterocycles. The first-order valence-electron chi connectivity index (χ1n) is 4.93. The molecular formula is C11H14FNS. The summed E-state index contributed by atoms with van der Waals surface area (Å²) >= 11 is 1.71. The molecule has 14 heavy (non-hydrogen) atoms. The normalized spacial score (nSPS) is 16.6. The molecule has 76 valence electrons. The molecule has 0 aromatic heterocycles. The van der Waals surface area contributed by atoms with E-state index in [0.29, 0.717) is 5.69 Å². The minimum Gasteiger partial charge on any atom is -0.399 e. The predicted octanol–water partition coefficient (Wildman–Crippen LogP) is 3.30. The maximum Gasteiger partial charge on any atom is 0.126 e. The van der Waals surface area contributed by atoms with Crippen molar-refractivity contribution < 1.29 is 4.39 Å². The summed E-state index contributed by atoms with van der Waals surface area (Å²) in [5, 5.41) is 0. The van der Waals surface area contributed by atoms with Gasteiger partial charge in [-0.2, -0.15) is 0 Å². The number of thioether (sulfide) groups is 1. The number of hydrogen-bond donors (Lipinski definition) is 1. The molecule has 0 aliphatic heterocycles. The lowest BCUT2D eigenvalue weighted by molar-refractivity contribution is 0.353. The quantitative estimate of drug-likeness (QED) is 0.613. The van der Waals surface area contributed by atoms with Crippen molar-refractivity contribution in [1.82, 2.24) is 0 Å². The summed E-state index contributed by atoms with van der Waals surface area (Å²) in [5.41, 5.74) is 6.07. The van der Waals surface area contributed by atoms with E-state index in [2.05, 4.69) is 0 Å². The SMILES string of the molecule is Nc1cc(F)cc(SCC2CCC2)c1. The molecule has 0 bridgehead atoms. The van der Waals surface area contributed by atoms with Gasteiger partial charge in [0.25, 0.3) is 0 Å². The summed E-state index contributed by atoms with van der Waals surface area (Å²) in [6.45, 7) is 0. The van der Waals surface area contributed by atoms with Crippen LogP contribution in [0.3, 0.4) is 0 Å². The first-order valence-corrected chi connectivity index (χ1v) is 5.91. The zero-order chi connectivity index (χ0) is 9.97. The van der Waals surface area contributed by atoms with E-state index < -0.39 is 0 Å². The van der Waals surface area contributed by atoms with Gasteiger partial charge in [-0.25, -0.2) is 4.39 Å². The molecule has 1 aliphatic rings. The van der Waals surface area contributed by atoms with Crippen molar-refractivity contribution in [3.8, 4) is 0 Å². The van der Waals surface area contributed by atoms with Crippen LogP contribution in [0, 0.1) is 11.7 Å². The molecule has 0 atom stereocenters. The summed E-state index contributed by atoms with van der Waals surface area (Å²) in [7, 11) is 0. The highest BCUT2D eigenvalue weighted by atomic mass is 32.2. The molecule has 0 amide bonds. The molecule has 0 spiro atoms. The summed E-state index contributed by atoms with van der Waals surface area (Å²) in [6.07, 6.45) is 4.02. The third-order valence-electron chi connectivity index (χ3n) is 2.60. The average Bonchev–Trinajstić information content (AvgIpc) is 1.99. The highest BCUT2D eigenvalue weighted by Crippen LogP contribution is 2.33. The van der Waals surface area contributed by atoms with Gasteiger partial charge < -0.3 is 5.73 Å². The van der Waals surface area contributed by atoms with Crippen LogP contribution in [0.25, 0.3) is 0 Å². The molecule has 1 aromatic carbocycles. The van der Waals surface area contributed by atoms with Crippen LogP contribution in [-0.2, 0) is 0 Å². The summed E-state index contributed by atoms with van der Waals surface area (Å²) in [5.74, 6) is 1.70. The summed E-state index contributed by atoms with van der Waals surface area (Å²) in [4.78, 5) is 0.953. The Hall–Kier alpha value is -0.700. The number of nitrogens with two attached hydrogens (primary N) is 1. The van der Waals surface area contributed by atoms with Gasteiger partial charge in [-0.1, -0.05) is 6.42 Å². The maximum atomic E-state index is 13.0. The number of hydrogen-bond acceptors (Lipinski definition) is 2. The van der Waals surface area contributed by atoms with Gasteiger partial charge in [0.05, 0.1) is 0 Å². The molecular weight excluding hydrogens is 197 g/mol. The highest BCUT2D eigenvalue weighted by molar-refractivity contribution is 7.99. The zero-order valence-electron chi connectivity index (χ0n) is 8.00. The molecule has 0 heterocycles. The van der Waals surface area contributed by atoms with Crippen LogP contribution < -0.4 is 5.73 Å². The van der Waals surface area contributed by atoms with Gasteiger partial charge in [0.1, 0.15) is 5.82 Å². The van der Waals surface area contributed by atoms with E-state index in [1.54, 1.807) is 17.8 Å². The van der Waals surface area contributed by atoms with Crippen molar-refractivity contribution in [1.29, 1.82) is 0 Å². The second kappa shape index (κ2) is 4.22. The largest absolute Gasteiger partial charge is 0.399 e. The van der Waals surface area contributed by atoms with Gasteiger partial charge in [0.15, 0.2) is 0 Å². The van der Waals surface area contributed by atoms with Gasteiger partial charge in [-0.05, 0) is 37.0 Å². The zero-order valence-corrected chi connectivity index (χ0v) is 8.82. The number of nitrogen functional groups attached to an aromatic ring is 1. The lowest BCUT2D eigenvalue weighted by Crippen LogP contribution is -2.13. The fourth-order valence-electron chi connectivity index (χ4n) is 1.54. The predicted molar refractivity (Wildman–Crippen MR) is 58.9 cm³/mol. The van der Waals surface area contributed by atoms with E-state index in [9.17, 15) is 4.39 Å².